The molecule has 7 heteroatoms. The Kier molecular flexibility index (Phi) is 3.84. The number of carbonyl (C=O) groups excluding carboxylic acids is 3. The zero-order chi connectivity index (χ0) is 15.1. The van der Waals surface area contributed by atoms with Gasteiger partial charge in [0, 0.05) is 19.6 Å². The number of methoxy groups -OCH3 is 1. The second-order valence-electron chi connectivity index (χ2n) is 5.36. The number of nitrogens with zero attached hydrogens (tertiary/aromatic N) is 1. The molecule has 0 bridgehead atoms. The van der Waals surface area contributed by atoms with Crippen LogP contribution in [-0.2, 0) is 19.1 Å². The van der Waals surface area contributed by atoms with E-state index in [0.29, 0.717) is 13.0 Å². The summed E-state index contributed by atoms with van der Waals surface area (Å²) in [6.45, 7) is 2.32. The van der Waals surface area contributed by atoms with E-state index in [1.165, 1.54) is 14.2 Å². The second-order valence-corrected chi connectivity index (χ2v) is 5.36. The number of likely N-dealkylation sites (tertiary alicyclic amines) is 1. The largest absolute Gasteiger partial charge is 0.468 e. The summed E-state index contributed by atoms with van der Waals surface area (Å²) in [5.74, 6) is -2.22. The van der Waals surface area contributed by atoms with Crippen molar-refractivity contribution < 1.29 is 19.1 Å². The summed E-state index contributed by atoms with van der Waals surface area (Å²) in [4.78, 5) is 38.0. The highest BCUT2D eigenvalue weighted by Gasteiger charge is 2.66. The fourth-order valence-electron chi connectivity index (χ4n) is 3.50. The Labute approximate surface area is 118 Å². The van der Waals surface area contributed by atoms with Crippen molar-refractivity contribution in [3.8, 4) is 0 Å². The molecule has 2 aliphatic rings. The maximum Gasteiger partial charge on any atom is 0.326 e. The number of likely N-dealkylation sites (N-methyl/N-ethyl adjacent to an activating group) is 1. The Hall–Kier alpha value is -1.47. The SMILES string of the molecule is CC[C@@]1(C(=O)OC)N[C@H](CNC)[C@@H]2C(=O)N(C)C(=O)[C@@H]21. The summed E-state index contributed by atoms with van der Waals surface area (Å²) in [5, 5.41) is 6.18. The third-order valence-corrected chi connectivity index (χ3v) is 4.51. The lowest BCUT2D eigenvalue weighted by Gasteiger charge is -2.30. The Bertz CT molecular complexity index is 453. The van der Waals surface area contributed by atoms with Crippen LogP contribution in [0.4, 0.5) is 0 Å². The molecule has 2 N–H and O–H groups in total. The van der Waals surface area contributed by atoms with Crippen molar-refractivity contribution in [2.45, 2.75) is 24.9 Å². The van der Waals surface area contributed by atoms with Gasteiger partial charge in [0.25, 0.3) is 0 Å². The highest BCUT2D eigenvalue weighted by molar-refractivity contribution is 6.09. The van der Waals surface area contributed by atoms with Crippen molar-refractivity contribution in [3.05, 3.63) is 0 Å². The number of amides is 2. The first-order chi connectivity index (χ1) is 9.44. The van der Waals surface area contributed by atoms with Gasteiger partial charge in [-0.15, -0.1) is 0 Å². The fraction of sp³-hybridized carbons (Fsp3) is 0.769. The molecule has 0 saturated carbocycles. The van der Waals surface area contributed by atoms with Gasteiger partial charge >= 0.3 is 5.97 Å². The van der Waals surface area contributed by atoms with Crippen LogP contribution in [0.1, 0.15) is 13.3 Å². The number of esters is 1. The zero-order valence-electron chi connectivity index (χ0n) is 12.2. The molecule has 2 fully saturated rings. The summed E-state index contributed by atoms with van der Waals surface area (Å²) >= 11 is 0. The first kappa shape index (κ1) is 14.9. The maximum atomic E-state index is 12.4. The van der Waals surface area contributed by atoms with Crippen LogP contribution in [0.15, 0.2) is 0 Å². The average Bonchev–Trinajstić information content (AvgIpc) is 2.89. The monoisotopic (exact) mass is 283 g/mol. The van der Waals surface area contributed by atoms with E-state index >= 15 is 0 Å². The van der Waals surface area contributed by atoms with Crippen molar-refractivity contribution in [3.63, 3.8) is 0 Å². The molecule has 20 heavy (non-hydrogen) atoms. The van der Waals surface area contributed by atoms with Gasteiger partial charge in [-0.25, -0.2) is 0 Å². The van der Waals surface area contributed by atoms with Crippen LogP contribution in [-0.4, -0.2) is 62.0 Å². The van der Waals surface area contributed by atoms with E-state index in [2.05, 4.69) is 10.6 Å². The van der Waals surface area contributed by atoms with Crippen molar-refractivity contribution >= 4 is 17.8 Å². The van der Waals surface area contributed by atoms with E-state index in [4.69, 9.17) is 4.74 Å². The van der Waals surface area contributed by atoms with Crippen LogP contribution in [0.25, 0.3) is 0 Å². The minimum absolute atomic E-state index is 0.230. The van der Waals surface area contributed by atoms with Gasteiger partial charge in [0.2, 0.25) is 11.8 Å². The third-order valence-electron chi connectivity index (χ3n) is 4.51. The van der Waals surface area contributed by atoms with E-state index in [1.54, 1.807) is 7.05 Å². The molecule has 0 aromatic rings. The Morgan fingerprint density at radius 1 is 1.45 bits per heavy atom. The fourth-order valence-corrected chi connectivity index (χ4v) is 3.50. The molecule has 2 amide bonds. The molecular formula is C13H21N3O4. The van der Waals surface area contributed by atoms with Crippen molar-refractivity contribution in [2.75, 3.05) is 27.7 Å². The van der Waals surface area contributed by atoms with E-state index < -0.39 is 23.3 Å². The molecule has 0 aromatic heterocycles. The number of ether oxygens (including phenoxy) is 1. The van der Waals surface area contributed by atoms with Gasteiger partial charge in [0.1, 0.15) is 5.54 Å². The molecule has 0 spiro atoms. The van der Waals surface area contributed by atoms with E-state index in [-0.39, 0.29) is 17.9 Å². The smallest absolute Gasteiger partial charge is 0.326 e. The van der Waals surface area contributed by atoms with E-state index in [9.17, 15) is 14.4 Å². The molecule has 2 rings (SSSR count). The molecule has 0 aliphatic carbocycles. The number of hydrogen-bond donors (Lipinski definition) is 2. The standard InChI is InChI=1S/C13H21N3O4/c1-5-13(12(19)20-4)9-8(7(15-13)6-14-2)10(17)16(3)11(9)18/h7-9,14-15H,5-6H2,1-4H3/t7-,8+,9-,13-/m1/s1. The van der Waals surface area contributed by atoms with Crippen LogP contribution < -0.4 is 10.6 Å². The molecule has 0 unspecified atom stereocenters. The van der Waals surface area contributed by atoms with Gasteiger partial charge in [-0.2, -0.15) is 0 Å². The summed E-state index contributed by atoms with van der Waals surface area (Å²) < 4.78 is 4.88. The van der Waals surface area contributed by atoms with Crippen molar-refractivity contribution in [2.24, 2.45) is 11.8 Å². The van der Waals surface area contributed by atoms with Crippen LogP contribution in [0.3, 0.4) is 0 Å². The molecule has 7 nitrogen and oxygen atoms in total. The summed E-state index contributed by atoms with van der Waals surface area (Å²) in [5.41, 5.74) is -1.11. The van der Waals surface area contributed by atoms with Gasteiger partial charge in [0.05, 0.1) is 18.9 Å². The highest BCUT2D eigenvalue weighted by atomic mass is 16.5. The van der Waals surface area contributed by atoms with Crippen LogP contribution in [0.2, 0.25) is 0 Å². The average molecular weight is 283 g/mol. The Balaban J connectivity index is 2.48. The lowest BCUT2D eigenvalue weighted by Crippen LogP contribution is -2.57. The summed E-state index contributed by atoms with van der Waals surface area (Å²) in [6, 6.07) is -0.259. The van der Waals surface area contributed by atoms with Gasteiger partial charge in [-0.3, -0.25) is 24.6 Å². The number of fused-ring (bicyclic) bond motifs is 1. The van der Waals surface area contributed by atoms with Crippen LogP contribution in [0, 0.1) is 11.8 Å². The number of hydrogen-bond acceptors (Lipinski definition) is 6. The first-order valence-electron chi connectivity index (χ1n) is 6.76. The van der Waals surface area contributed by atoms with E-state index in [0.717, 1.165) is 4.90 Å². The number of carbonyl (C=O) groups is 3. The molecule has 0 radical (unpaired) electrons. The predicted octanol–water partition coefficient (Wildman–Crippen LogP) is -1.27. The van der Waals surface area contributed by atoms with Crippen LogP contribution >= 0.6 is 0 Å². The summed E-state index contributed by atoms with van der Waals surface area (Å²) in [6.07, 6.45) is 0.397. The second kappa shape index (κ2) is 5.14. The van der Waals surface area contributed by atoms with Gasteiger partial charge in [-0.05, 0) is 13.5 Å². The van der Waals surface area contributed by atoms with Crippen LogP contribution in [0.5, 0.6) is 0 Å². The topological polar surface area (TPSA) is 87.7 Å². The van der Waals surface area contributed by atoms with E-state index in [1.807, 2.05) is 6.92 Å². The molecule has 2 saturated heterocycles. The molecule has 112 valence electrons. The van der Waals surface area contributed by atoms with Crippen molar-refractivity contribution in [1.82, 2.24) is 15.5 Å². The zero-order valence-corrected chi connectivity index (χ0v) is 12.2. The lowest BCUT2D eigenvalue weighted by atomic mass is 9.78. The van der Waals surface area contributed by atoms with Gasteiger partial charge < -0.3 is 10.1 Å². The lowest BCUT2D eigenvalue weighted by molar-refractivity contribution is -0.154. The Morgan fingerprint density at radius 3 is 2.60 bits per heavy atom. The predicted molar refractivity (Wildman–Crippen MR) is 70.6 cm³/mol. The normalized spacial score (nSPS) is 36.4. The van der Waals surface area contributed by atoms with Gasteiger partial charge in [0.15, 0.2) is 0 Å². The first-order valence-corrected chi connectivity index (χ1v) is 6.76. The highest BCUT2D eigenvalue weighted by Crippen LogP contribution is 2.44. The Morgan fingerprint density at radius 2 is 2.10 bits per heavy atom. The minimum atomic E-state index is -1.11. The molecule has 2 aliphatic heterocycles. The number of imide groups is 1. The minimum Gasteiger partial charge on any atom is -0.468 e. The number of rotatable bonds is 4. The number of nitrogens with one attached hydrogen (secondary N) is 2. The molecule has 0 aromatic carbocycles. The summed E-state index contributed by atoms with van der Waals surface area (Å²) in [7, 11) is 4.54. The third kappa shape index (κ3) is 1.76. The molecule has 2 heterocycles. The van der Waals surface area contributed by atoms with Gasteiger partial charge in [-0.1, -0.05) is 6.92 Å². The quantitative estimate of drug-likeness (QED) is 0.494. The van der Waals surface area contributed by atoms with Crippen molar-refractivity contribution in [1.29, 1.82) is 0 Å². The maximum absolute atomic E-state index is 12.4. The molecule has 4 atom stereocenters. The molecular weight excluding hydrogens is 262 g/mol.